The highest BCUT2D eigenvalue weighted by molar-refractivity contribution is 6.18. The van der Waals surface area contributed by atoms with Crippen molar-refractivity contribution in [1.29, 1.82) is 0 Å². The van der Waals surface area contributed by atoms with Crippen LogP contribution in [0.2, 0.25) is 0 Å². The highest BCUT2D eigenvalue weighted by Crippen LogP contribution is 2.24. The van der Waals surface area contributed by atoms with Gasteiger partial charge in [-0.1, -0.05) is 12.8 Å². The third kappa shape index (κ3) is 2.93. The molecule has 1 aromatic rings. The van der Waals surface area contributed by atoms with E-state index in [1.165, 1.54) is 12.3 Å². The first-order chi connectivity index (χ1) is 8.72. The molecule has 0 aromatic carbocycles. The topological polar surface area (TPSA) is 53.2 Å². The number of carbonyl (C=O) groups is 1. The number of alkyl halides is 1. The number of carbonyl (C=O) groups excluding carboxylic acids is 1. The van der Waals surface area contributed by atoms with E-state index >= 15 is 0 Å². The molecular formula is C13H17ClN2O2. The summed E-state index contributed by atoms with van der Waals surface area (Å²) in [6, 6.07) is 3.26. The molecule has 0 spiro atoms. The lowest BCUT2D eigenvalue weighted by Crippen LogP contribution is -2.40. The first kappa shape index (κ1) is 13.1. The Hall–Kier alpha value is -1.29. The fourth-order valence-corrected chi connectivity index (χ4v) is 2.68. The highest BCUT2D eigenvalue weighted by atomic mass is 35.5. The van der Waals surface area contributed by atoms with Gasteiger partial charge in [0.05, 0.1) is 0 Å². The molecule has 98 valence electrons. The number of rotatable bonds is 4. The van der Waals surface area contributed by atoms with Crippen LogP contribution in [0.1, 0.15) is 36.0 Å². The molecule has 1 N–H and O–H groups in total. The summed E-state index contributed by atoms with van der Waals surface area (Å²) in [7, 11) is 0. The third-order valence-electron chi connectivity index (χ3n) is 3.37. The van der Waals surface area contributed by atoms with Crippen LogP contribution in [-0.2, 0) is 0 Å². The molecule has 1 heterocycles. The molecule has 4 nitrogen and oxygen atoms in total. The standard InChI is InChI=1S/C13H17ClN2O2/c14-6-8-16(11-3-1-2-4-11)13(18)10-5-7-15-12(17)9-10/h5,7,9,11H,1-4,6,8H2,(H,15,17). The van der Waals surface area contributed by atoms with Gasteiger partial charge in [0.2, 0.25) is 5.56 Å². The maximum atomic E-state index is 12.4. The van der Waals surface area contributed by atoms with Crippen LogP contribution in [0.25, 0.3) is 0 Å². The van der Waals surface area contributed by atoms with Crippen LogP contribution in [0.4, 0.5) is 0 Å². The van der Waals surface area contributed by atoms with Gasteiger partial charge in [-0.05, 0) is 18.9 Å². The van der Waals surface area contributed by atoms with Gasteiger partial charge in [0, 0.05) is 36.3 Å². The molecule has 1 aromatic heterocycles. The second-order valence-electron chi connectivity index (χ2n) is 4.57. The summed E-state index contributed by atoms with van der Waals surface area (Å²) in [5.41, 5.74) is 0.189. The van der Waals surface area contributed by atoms with Gasteiger partial charge in [-0.3, -0.25) is 9.59 Å². The van der Waals surface area contributed by atoms with Crippen molar-refractivity contribution in [3.05, 3.63) is 34.2 Å². The Labute approximate surface area is 111 Å². The lowest BCUT2D eigenvalue weighted by Gasteiger charge is -2.28. The van der Waals surface area contributed by atoms with Crippen LogP contribution >= 0.6 is 11.6 Å². The summed E-state index contributed by atoms with van der Waals surface area (Å²) < 4.78 is 0. The molecule has 1 fully saturated rings. The molecule has 0 unspecified atom stereocenters. The summed E-state index contributed by atoms with van der Waals surface area (Å²) in [6.07, 6.45) is 5.89. The molecule has 0 saturated heterocycles. The van der Waals surface area contributed by atoms with Crippen molar-refractivity contribution in [2.45, 2.75) is 31.7 Å². The number of aromatic nitrogens is 1. The number of amides is 1. The Morgan fingerprint density at radius 2 is 2.17 bits per heavy atom. The third-order valence-corrected chi connectivity index (χ3v) is 3.54. The minimum atomic E-state index is -0.252. The predicted octanol–water partition coefficient (Wildman–Crippen LogP) is 2.00. The van der Waals surface area contributed by atoms with Crippen molar-refractivity contribution in [2.24, 2.45) is 0 Å². The SMILES string of the molecule is O=C(c1cc[nH]c(=O)c1)N(CCCl)C1CCCC1. The number of aromatic amines is 1. The van der Waals surface area contributed by atoms with E-state index in [1.807, 2.05) is 4.90 Å². The van der Waals surface area contributed by atoms with Crippen LogP contribution in [0.5, 0.6) is 0 Å². The molecule has 0 atom stereocenters. The van der Waals surface area contributed by atoms with E-state index < -0.39 is 0 Å². The second kappa shape index (κ2) is 6.05. The van der Waals surface area contributed by atoms with Crippen LogP contribution in [0.3, 0.4) is 0 Å². The van der Waals surface area contributed by atoms with Crippen LogP contribution in [-0.4, -0.2) is 34.3 Å². The van der Waals surface area contributed by atoms with E-state index in [2.05, 4.69) is 4.98 Å². The van der Waals surface area contributed by atoms with Crippen LogP contribution in [0, 0.1) is 0 Å². The fourth-order valence-electron chi connectivity index (χ4n) is 2.50. The Morgan fingerprint density at radius 1 is 1.44 bits per heavy atom. The van der Waals surface area contributed by atoms with E-state index in [4.69, 9.17) is 11.6 Å². The Balaban J connectivity index is 2.19. The normalized spacial score (nSPS) is 15.8. The average Bonchev–Trinajstić information content (AvgIpc) is 2.89. The number of H-pyrrole nitrogens is 1. The first-order valence-corrected chi connectivity index (χ1v) is 6.81. The van der Waals surface area contributed by atoms with Gasteiger partial charge in [-0.2, -0.15) is 0 Å². The number of nitrogens with zero attached hydrogens (tertiary/aromatic N) is 1. The molecule has 0 radical (unpaired) electrons. The van der Waals surface area contributed by atoms with Crippen molar-refractivity contribution in [3.63, 3.8) is 0 Å². The lowest BCUT2D eigenvalue weighted by molar-refractivity contribution is 0.0695. The largest absolute Gasteiger partial charge is 0.334 e. The van der Waals surface area contributed by atoms with E-state index in [-0.39, 0.29) is 17.5 Å². The molecule has 0 bridgehead atoms. The van der Waals surface area contributed by atoms with Crippen molar-refractivity contribution in [1.82, 2.24) is 9.88 Å². The summed E-state index contributed by atoms with van der Waals surface area (Å²) in [5, 5.41) is 0. The Morgan fingerprint density at radius 3 is 2.78 bits per heavy atom. The zero-order chi connectivity index (χ0) is 13.0. The number of hydrogen-bond acceptors (Lipinski definition) is 2. The van der Waals surface area contributed by atoms with Crippen molar-refractivity contribution < 1.29 is 4.79 Å². The number of nitrogens with one attached hydrogen (secondary N) is 1. The average molecular weight is 269 g/mol. The van der Waals surface area contributed by atoms with Gasteiger partial charge in [-0.15, -0.1) is 11.6 Å². The maximum Gasteiger partial charge on any atom is 0.254 e. The molecule has 2 rings (SSSR count). The van der Waals surface area contributed by atoms with E-state index in [9.17, 15) is 9.59 Å². The van der Waals surface area contributed by atoms with E-state index in [1.54, 1.807) is 6.07 Å². The second-order valence-corrected chi connectivity index (χ2v) is 4.95. The molecule has 1 amide bonds. The Bertz CT molecular complexity index is 466. The molecular weight excluding hydrogens is 252 g/mol. The Kier molecular flexibility index (Phi) is 4.42. The molecule has 5 heteroatoms. The van der Waals surface area contributed by atoms with Crippen LogP contribution < -0.4 is 5.56 Å². The van der Waals surface area contributed by atoms with Crippen molar-refractivity contribution in [3.8, 4) is 0 Å². The van der Waals surface area contributed by atoms with Gasteiger partial charge >= 0.3 is 0 Å². The van der Waals surface area contributed by atoms with Gasteiger partial charge < -0.3 is 9.88 Å². The van der Waals surface area contributed by atoms with Gasteiger partial charge in [-0.25, -0.2) is 0 Å². The lowest BCUT2D eigenvalue weighted by atomic mass is 10.1. The van der Waals surface area contributed by atoms with Crippen molar-refractivity contribution in [2.75, 3.05) is 12.4 Å². The summed E-state index contributed by atoms with van der Waals surface area (Å²) >= 11 is 5.78. The minimum Gasteiger partial charge on any atom is -0.334 e. The minimum absolute atomic E-state index is 0.0892. The van der Waals surface area contributed by atoms with Gasteiger partial charge in [0.25, 0.3) is 5.91 Å². The molecule has 1 aliphatic carbocycles. The quantitative estimate of drug-likeness (QED) is 0.849. The van der Waals surface area contributed by atoms with Gasteiger partial charge in [0.15, 0.2) is 0 Å². The van der Waals surface area contributed by atoms with E-state index in [0.29, 0.717) is 18.0 Å². The monoisotopic (exact) mass is 268 g/mol. The fraction of sp³-hybridized carbons (Fsp3) is 0.538. The summed E-state index contributed by atoms with van der Waals surface area (Å²) in [6.45, 7) is 0.540. The van der Waals surface area contributed by atoms with Gasteiger partial charge in [0.1, 0.15) is 0 Å². The highest BCUT2D eigenvalue weighted by Gasteiger charge is 2.26. The molecule has 18 heavy (non-hydrogen) atoms. The molecule has 1 aliphatic rings. The summed E-state index contributed by atoms with van der Waals surface area (Å²) in [5.74, 6) is 0.333. The molecule has 0 aliphatic heterocycles. The first-order valence-electron chi connectivity index (χ1n) is 6.28. The maximum absolute atomic E-state index is 12.4. The zero-order valence-electron chi connectivity index (χ0n) is 10.2. The van der Waals surface area contributed by atoms with Crippen molar-refractivity contribution >= 4 is 17.5 Å². The van der Waals surface area contributed by atoms with Crippen LogP contribution in [0.15, 0.2) is 23.1 Å². The summed E-state index contributed by atoms with van der Waals surface area (Å²) in [4.78, 5) is 28.0. The zero-order valence-corrected chi connectivity index (χ0v) is 10.9. The number of pyridine rings is 1. The number of hydrogen-bond donors (Lipinski definition) is 1. The molecule has 1 saturated carbocycles. The van der Waals surface area contributed by atoms with E-state index in [0.717, 1.165) is 25.7 Å². The number of halogens is 1. The predicted molar refractivity (Wildman–Crippen MR) is 71.1 cm³/mol. The smallest absolute Gasteiger partial charge is 0.254 e.